The molecule has 0 saturated heterocycles. The maximum atomic E-state index is 11.9. The van der Waals surface area contributed by atoms with Crippen LogP contribution in [-0.2, 0) is 6.61 Å². The van der Waals surface area contributed by atoms with Gasteiger partial charge in [0.05, 0.1) is 11.9 Å². The van der Waals surface area contributed by atoms with E-state index in [2.05, 4.69) is 20.5 Å². The summed E-state index contributed by atoms with van der Waals surface area (Å²) in [5.74, 6) is 1.06. The van der Waals surface area contributed by atoms with Crippen LogP contribution in [0.5, 0.6) is 5.75 Å². The van der Waals surface area contributed by atoms with Gasteiger partial charge in [-0.15, -0.1) is 0 Å². The maximum absolute atomic E-state index is 11.9. The molecule has 3 aromatic carbocycles. The molecule has 0 bridgehead atoms. The molecule has 30 heavy (non-hydrogen) atoms. The van der Waals surface area contributed by atoms with Crippen LogP contribution in [0.2, 0.25) is 0 Å². The molecule has 0 spiro atoms. The second-order valence-corrected chi connectivity index (χ2v) is 6.56. The summed E-state index contributed by atoms with van der Waals surface area (Å²) in [5.41, 5.74) is 5.97. The highest BCUT2D eigenvalue weighted by Gasteiger charge is 2.03. The molecule has 4 rings (SSSR count). The molecule has 1 heterocycles. The molecule has 1 aromatic heterocycles. The largest absolute Gasteiger partial charge is 0.489 e. The van der Waals surface area contributed by atoms with E-state index in [4.69, 9.17) is 4.74 Å². The zero-order valence-corrected chi connectivity index (χ0v) is 16.2. The lowest BCUT2D eigenvalue weighted by Crippen LogP contribution is -2.10. The molecule has 0 atom stereocenters. The third-order valence-electron chi connectivity index (χ3n) is 4.32. The number of benzene rings is 3. The molecule has 6 heteroatoms. The molecule has 0 fully saturated rings. The molecule has 0 aliphatic heterocycles. The summed E-state index contributed by atoms with van der Waals surface area (Å²) >= 11 is 0. The van der Waals surface area contributed by atoms with Gasteiger partial charge in [-0.05, 0) is 35.4 Å². The van der Waals surface area contributed by atoms with E-state index in [1.54, 1.807) is 6.21 Å². The van der Waals surface area contributed by atoms with Gasteiger partial charge in [0.2, 0.25) is 5.95 Å². The highest BCUT2D eigenvalue weighted by atomic mass is 16.5. The van der Waals surface area contributed by atoms with Crippen molar-refractivity contribution in [2.24, 2.45) is 5.10 Å². The van der Waals surface area contributed by atoms with Crippen molar-refractivity contribution in [3.05, 3.63) is 112 Å². The van der Waals surface area contributed by atoms with Gasteiger partial charge in [0.25, 0.3) is 5.56 Å². The van der Waals surface area contributed by atoms with Gasteiger partial charge in [-0.25, -0.2) is 10.4 Å². The average Bonchev–Trinajstić information content (AvgIpc) is 2.79. The Morgan fingerprint density at radius 3 is 2.37 bits per heavy atom. The number of hydrogen-bond acceptors (Lipinski definition) is 5. The van der Waals surface area contributed by atoms with Gasteiger partial charge in [-0.2, -0.15) is 5.10 Å². The molecule has 0 aliphatic carbocycles. The van der Waals surface area contributed by atoms with Crippen LogP contribution in [0.15, 0.2) is 101 Å². The van der Waals surface area contributed by atoms with Crippen molar-refractivity contribution in [2.75, 3.05) is 5.43 Å². The first kappa shape index (κ1) is 19.1. The molecule has 0 radical (unpaired) electrons. The first-order valence-electron chi connectivity index (χ1n) is 9.49. The summed E-state index contributed by atoms with van der Waals surface area (Å²) in [6.45, 7) is 0.520. The Bertz CT molecular complexity index is 1170. The SMILES string of the molecule is O=c1cc(-c2ccccc2)nc(N/N=C\c2ccc(OCc3ccccc3)cc2)[nH]1. The van der Waals surface area contributed by atoms with Crippen molar-refractivity contribution in [3.63, 3.8) is 0 Å². The minimum atomic E-state index is -0.249. The van der Waals surface area contributed by atoms with Gasteiger partial charge in [0.15, 0.2) is 0 Å². The summed E-state index contributed by atoms with van der Waals surface area (Å²) in [4.78, 5) is 19.0. The normalized spacial score (nSPS) is 10.8. The Morgan fingerprint density at radius 2 is 1.63 bits per heavy atom. The van der Waals surface area contributed by atoms with E-state index in [1.165, 1.54) is 6.07 Å². The van der Waals surface area contributed by atoms with Crippen molar-refractivity contribution >= 4 is 12.2 Å². The van der Waals surface area contributed by atoms with Crippen LogP contribution >= 0.6 is 0 Å². The topological polar surface area (TPSA) is 79.4 Å². The fourth-order valence-corrected chi connectivity index (χ4v) is 2.83. The molecule has 4 aromatic rings. The molecular formula is C24H20N4O2. The lowest BCUT2D eigenvalue weighted by atomic mass is 10.1. The molecular weight excluding hydrogens is 376 g/mol. The minimum absolute atomic E-state index is 0.249. The average molecular weight is 396 g/mol. The predicted octanol–water partition coefficient (Wildman–Crippen LogP) is 4.46. The molecule has 0 amide bonds. The van der Waals surface area contributed by atoms with E-state index in [0.717, 1.165) is 22.4 Å². The number of rotatable bonds is 7. The van der Waals surface area contributed by atoms with Gasteiger partial charge in [-0.3, -0.25) is 9.78 Å². The van der Waals surface area contributed by atoms with Gasteiger partial charge < -0.3 is 4.74 Å². The zero-order chi connectivity index (χ0) is 20.6. The number of aromatic amines is 1. The Hall–Kier alpha value is -4.19. The van der Waals surface area contributed by atoms with E-state index in [1.807, 2.05) is 84.9 Å². The summed E-state index contributed by atoms with van der Waals surface area (Å²) in [6.07, 6.45) is 1.65. The lowest BCUT2D eigenvalue weighted by molar-refractivity contribution is 0.306. The quantitative estimate of drug-likeness (QED) is 0.357. The number of nitrogens with zero attached hydrogens (tertiary/aromatic N) is 2. The molecule has 2 N–H and O–H groups in total. The predicted molar refractivity (Wildman–Crippen MR) is 119 cm³/mol. The second kappa shape index (κ2) is 9.34. The van der Waals surface area contributed by atoms with Crippen molar-refractivity contribution in [3.8, 4) is 17.0 Å². The zero-order valence-electron chi connectivity index (χ0n) is 16.2. The fraction of sp³-hybridized carbons (Fsp3) is 0.0417. The summed E-state index contributed by atoms with van der Waals surface area (Å²) in [7, 11) is 0. The fourth-order valence-electron chi connectivity index (χ4n) is 2.83. The lowest BCUT2D eigenvalue weighted by Gasteiger charge is -2.06. The highest BCUT2D eigenvalue weighted by molar-refractivity contribution is 5.80. The third kappa shape index (κ3) is 5.20. The van der Waals surface area contributed by atoms with Gasteiger partial charge in [-0.1, -0.05) is 60.7 Å². The first-order valence-corrected chi connectivity index (χ1v) is 9.49. The van der Waals surface area contributed by atoms with Crippen LogP contribution in [0.3, 0.4) is 0 Å². The van der Waals surface area contributed by atoms with E-state index in [0.29, 0.717) is 12.3 Å². The second-order valence-electron chi connectivity index (χ2n) is 6.56. The van der Waals surface area contributed by atoms with Crippen molar-refractivity contribution < 1.29 is 4.74 Å². The Balaban J connectivity index is 1.37. The molecule has 148 valence electrons. The van der Waals surface area contributed by atoms with Gasteiger partial charge in [0.1, 0.15) is 12.4 Å². The summed E-state index contributed by atoms with van der Waals surface area (Å²) < 4.78 is 5.78. The number of hydrazone groups is 1. The summed E-state index contributed by atoms with van der Waals surface area (Å²) in [6, 6.07) is 28.6. The molecule has 0 aliphatic rings. The molecule has 6 nitrogen and oxygen atoms in total. The van der Waals surface area contributed by atoms with E-state index < -0.39 is 0 Å². The van der Waals surface area contributed by atoms with Crippen molar-refractivity contribution in [1.29, 1.82) is 0 Å². The molecule has 0 saturated carbocycles. The number of anilines is 1. The number of hydrogen-bond donors (Lipinski definition) is 2. The Labute approximate surface area is 173 Å². The van der Waals surface area contributed by atoms with Crippen LogP contribution in [0, 0.1) is 0 Å². The number of aromatic nitrogens is 2. The number of ether oxygens (including phenoxy) is 1. The van der Waals surface area contributed by atoms with Crippen molar-refractivity contribution in [2.45, 2.75) is 6.61 Å². The van der Waals surface area contributed by atoms with Crippen LogP contribution in [0.1, 0.15) is 11.1 Å². The number of H-pyrrole nitrogens is 1. The highest BCUT2D eigenvalue weighted by Crippen LogP contribution is 2.16. The van der Waals surface area contributed by atoms with Gasteiger partial charge >= 0.3 is 0 Å². The molecule has 0 unspecified atom stereocenters. The van der Waals surface area contributed by atoms with Gasteiger partial charge in [0, 0.05) is 11.6 Å². The van der Waals surface area contributed by atoms with Crippen LogP contribution < -0.4 is 15.7 Å². The van der Waals surface area contributed by atoms with Crippen molar-refractivity contribution in [1.82, 2.24) is 9.97 Å². The standard InChI is InChI=1S/C24H20N4O2/c29-23-15-22(20-9-5-2-6-10-20)26-24(27-23)28-25-16-18-11-13-21(14-12-18)30-17-19-7-3-1-4-8-19/h1-16H,17H2,(H2,26,27,28,29)/b25-16-. The van der Waals surface area contributed by atoms with E-state index in [9.17, 15) is 4.79 Å². The smallest absolute Gasteiger partial charge is 0.252 e. The summed E-state index contributed by atoms with van der Waals surface area (Å²) in [5, 5.41) is 4.16. The van der Waals surface area contributed by atoms with E-state index in [-0.39, 0.29) is 11.5 Å². The minimum Gasteiger partial charge on any atom is -0.489 e. The van der Waals surface area contributed by atoms with Crippen LogP contribution in [-0.4, -0.2) is 16.2 Å². The Kier molecular flexibility index (Phi) is 5.96. The first-order chi connectivity index (χ1) is 14.8. The van der Waals surface area contributed by atoms with Crippen LogP contribution in [0.25, 0.3) is 11.3 Å². The number of nitrogens with one attached hydrogen (secondary N) is 2. The van der Waals surface area contributed by atoms with E-state index >= 15 is 0 Å². The third-order valence-corrected chi connectivity index (χ3v) is 4.32. The maximum Gasteiger partial charge on any atom is 0.252 e. The Morgan fingerprint density at radius 1 is 0.933 bits per heavy atom. The van der Waals surface area contributed by atoms with Crippen LogP contribution in [0.4, 0.5) is 5.95 Å². The monoisotopic (exact) mass is 396 g/mol.